The summed E-state index contributed by atoms with van der Waals surface area (Å²) >= 11 is 0. The van der Waals surface area contributed by atoms with Crippen LogP contribution in [0.5, 0.6) is 0 Å². The SMILES string of the molecule is Cc1cccc(Cn2cncc2[C@H](C)N)c1. The van der Waals surface area contributed by atoms with Gasteiger partial charge in [-0.1, -0.05) is 29.8 Å². The first kappa shape index (κ1) is 10.9. The summed E-state index contributed by atoms with van der Waals surface area (Å²) in [5.41, 5.74) is 9.51. The molecule has 3 heteroatoms. The van der Waals surface area contributed by atoms with Gasteiger partial charge in [0.1, 0.15) is 0 Å². The van der Waals surface area contributed by atoms with Crippen LogP contribution in [0.4, 0.5) is 0 Å². The van der Waals surface area contributed by atoms with Crippen LogP contribution < -0.4 is 5.73 Å². The quantitative estimate of drug-likeness (QED) is 0.853. The van der Waals surface area contributed by atoms with Crippen molar-refractivity contribution in [1.82, 2.24) is 9.55 Å². The summed E-state index contributed by atoms with van der Waals surface area (Å²) in [6, 6.07) is 8.51. The zero-order chi connectivity index (χ0) is 11.5. The fraction of sp³-hybridized carbons (Fsp3) is 0.308. The average molecular weight is 215 g/mol. The van der Waals surface area contributed by atoms with Crippen molar-refractivity contribution in [1.29, 1.82) is 0 Å². The fourth-order valence-corrected chi connectivity index (χ4v) is 1.85. The highest BCUT2D eigenvalue weighted by Crippen LogP contribution is 2.12. The monoisotopic (exact) mass is 215 g/mol. The van der Waals surface area contributed by atoms with Crippen molar-refractivity contribution in [2.75, 3.05) is 0 Å². The molecule has 2 rings (SSSR count). The van der Waals surface area contributed by atoms with E-state index in [1.54, 1.807) is 0 Å². The highest BCUT2D eigenvalue weighted by molar-refractivity contribution is 5.23. The van der Waals surface area contributed by atoms with Crippen LogP contribution in [0.1, 0.15) is 29.8 Å². The molecule has 2 N–H and O–H groups in total. The summed E-state index contributed by atoms with van der Waals surface area (Å²) < 4.78 is 2.10. The fourth-order valence-electron chi connectivity index (χ4n) is 1.85. The zero-order valence-corrected chi connectivity index (χ0v) is 9.72. The van der Waals surface area contributed by atoms with E-state index in [4.69, 9.17) is 5.73 Å². The molecule has 0 aliphatic carbocycles. The highest BCUT2D eigenvalue weighted by Gasteiger charge is 2.06. The molecule has 1 aromatic carbocycles. The molecule has 0 aliphatic rings. The van der Waals surface area contributed by atoms with Gasteiger partial charge in [0.15, 0.2) is 0 Å². The maximum absolute atomic E-state index is 5.88. The summed E-state index contributed by atoms with van der Waals surface area (Å²) in [7, 11) is 0. The Balaban J connectivity index is 2.24. The normalized spacial score (nSPS) is 12.7. The van der Waals surface area contributed by atoms with Crippen LogP contribution in [-0.2, 0) is 6.54 Å². The molecule has 84 valence electrons. The number of aromatic nitrogens is 2. The van der Waals surface area contributed by atoms with Crippen LogP contribution in [0.3, 0.4) is 0 Å². The van der Waals surface area contributed by atoms with Crippen molar-refractivity contribution < 1.29 is 0 Å². The maximum Gasteiger partial charge on any atom is 0.0951 e. The summed E-state index contributed by atoms with van der Waals surface area (Å²) in [5, 5.41) is 0. The summed E-state index contributed by atoms with van der Waals surface area (Å²) in [6.07, 6.45) is 3.67. The van der Waals surface area contributed by atoms with Crippen LogP contribution >= 0.6 is 0 Å². The van der Waals surface area contributed by atoms with Gasteiger partial charge in [-0.25, -0.2) is 4.98 Å². The minimum Gasteiger partial charge on any atom is -0.329 e. The van der Waals surface area contributed by atoms with Gasteiger partial charge >= 0.3 is 0 Å². The molecular weight excluding hydrogens is 198 g/mol. The standard InChI is InChI=1S/C13H17N3/c1-10-4-3-5-12(6-10)8-16-9-15-7-13(16)11(2)14/h3-7,9,11H,8,14H2,1-2H3/t11-/m0/s1. The first-order chi connectivity index (χ1) is 7.66. The number of aryl methyl sites for hydroxylation is 1. The molecule has 16 heavy (non-hydrogen) atoms. The predicted octanol–water partition coefficient (Wildman–Crippen LogP) is 2.26. The molecule has 0 unspecified atom stereocenters. The lowest BCUT2D eigenvalue weighted by Gasteiger charge is -2.11. The molecule has 0 fully saturated rings. The van der Waals surface area contributed by atoms with E-state index in [0.29, 0.717) is 0 Å². The van der Waals surface area contributed by atoms with Gasteiger partial charge in [0, 0.05) is 18.8 Å². The Morgan fingerprint density at radius 1 is 1.44 bits per heavy atom. The molecule has 0 bridgehead atoms. The molecule has 0 spiro atoms. The van der Waals surface area contributed by atoms with E-state index in [9.17, 15) is 0 Å². The lowest BCUT2D eigenvalue weighted by atomic mass is 10.1. The van der Waals surface area contributed by atoms with Gasteiger partial charge in [-0.05, 0) is 19.4 Å². The zero-order valence-electron chi connectivity index (χ0n) is 9.72. The Bertz CT molecular complexity index is 472. The van der Waals surface area contributed by atoms with Gasteiger partial charge in [-0.2, -0.15) is 0 Å². The maximum atomic E-state index is 5.88. The van der Waals surface area contributed by atoms with Crippen LogP contribution in [0, 0.1) is 6.92 Å². The number of nitrogens with zero attached hydrogens (tertiary/aromatic N) is 2. The number of imidazole rings is 1. The minimum absolute atomic E-state index is 0.0207. The van der Waals surface area contributed by atoms with Gasteiger partial charge < -0.3 is 10.3 Å². The highest BCUT2D eigenvalue weighted by atomic mass is 15.1. The topological polar surface area (TPSA) is 43.8 Å². The summed E-state index contributed by atoms with van der Waals surface area (Å²) in [4.78, 5) is 4.14. The molecule has 3 nitrogen and oxygen atoms in total. The molecule has 0 aliphatic heterocycles. The Kier molecular flexibility index (Phi) is 3.06. The minimum atomic E-state index is 0.0207. The van der Waals surface area contributed by atoms with E-state index < -0.39 is 0 Å². The molecule has 0 saturated heterocycles. The van der Waals surface area contributed by atoms with E-state index in [1.807, 2.05) is 19.4 Å². The molecule has 0 amide bonds. The number of benzene rings is 1. The summed E-state index contributed by atoms with van der Waals surface area (Å²) in [6.45, 7) is 4.91. The lowest BCUT2D eigenvalue weighted by Crippen LogP contribution is -2.12. The molecule has 0 radical (unpaired) electrons. The van der Waals surface area contributed by atoms with Crippen LogP contribution in [0.2, 0.25) is 0 Å². The third kappa shape index (κ3) is 2.31. The second kappa shape index (κ2) is 4.49. The third-order valence-electron chi connectivity index (χ3n) is 2.65. The first-order valence-electron chi connectivity index (χ1n) is 5.48. The molecule has 0 saturated carbocycles. The van der Waals surface area contributed by atoms with E-state index in [2.05, 4.69) is 40.7 Å². The van der Waals surface area contributed by atoms with Gasteiger partial charge in [-0.3, -0.25) is 0 Å². The van der Waals surface area contributed by atoms with Gasteiger partial charge in [-0.15, -0.1) is 0 Å². The molecule has 1 atom stereocenters. The first-order valence-corrected chi connectivity index (χ1v) is 5.48. The van der Waals surface area contributed by atoms with E-state index in [0.717, 1.165) is 12.2 Å². The van der Waals surface area contributed by atoms with Crippen molar-refractivity contribution in [2.24, 2.45) is 5.73 Å². The Labute approximate surface area is 95.9 Å². The third-order valence-corrected chi connectivity index (χ3v) is 2.65. The number of rotatable bonds is 3. The Morgan fingerprint density at radius 2 is 2.25 bits per heavy atom. The molecule has 1 aromatic heterocycles. The average Bonchev–Trinajstić information content (AvgIpc) is 2.66. The lowest BCUT2D eigenvalue weighted by molar-refractivity contribution is 0.674. The van der Waals surface area contributed by atoms with E-state index in [-0.39, 0.29) is 6.04 Å². The van der Waals surface area contributed by atoms with Crippen molar-refractivity contribution in [3.8, 4) is 0 Å². The van der Waals surface area contributed by atoms with Crippen LogP contribution in [0.15, 0.2) is 36.8 Å². The van der Waals surface area contributed by atoms with Crippen LogP contribution in [0.25, 0.3) is 0 Å². The Morgan fingerprint density at radius 3 is 2.94 bits per heavy atom. The molecular formula is C13H17N3. The van der Waals surface area contributed by atoms with Crippen molar-refractivity contribution in [3.63, 3.8) is 0 Å². The molecule has 2 aromatic rings. The number of hydrogen-bond acceptors (Lipinski definition) is 2. The van der Waals surface area contributed by atoms with Crippen molar-refractivity contribution >= 4 is 0 Å². The van der Waals surface area contributed by atoms with Crippen LogP contribution in [-0.4, -0.2) is 9.55 Å². The Hall–Kier alpha value is -1.61. The van der Waals surface area contributed by atoms with Gasteiger partial charge in [0.2, 0.25) is 0 Å². The van der Waals surface area contributed by atoms with Crippen molar-refractivity contribution in [3.05, 3.63) is 53.6 Å². The number of nitrogens with two attached hydrogens (primary N) is 1. The summed E-state index contributed by atoms with van der Waals surface area (Å²) in [5.74, 6) is 0. The number of hydrogen-bond donors (Lipinski definition) is 1. The van der Waals surface area contributed by atoms with Gasteiger partial charge in [0.25, 0.3) is 0 Å². The predicted molar refractivity (Wildman–Crippen MR) is 65.1 cm³/mol. The largest absolute Gasteiger partial charge is 0.329 e. The van der Waals surface area contributed by atoms with Gasteiger partial charge in [0.05, 0.1) is 12.0 Å². The second-order valence-electron chi connectivity index (χ2n) is 4.22. The smallest absolute Gasteiger partial charge is 0.0951 e. The van der Waals surface area contributed by atoms with E-state index >= 15 is 0 Å². The molecule has 1 heterocycles. The van der Waals surface area contributed by atoms with Crippen molar-refractivity contribution in [2.45, 2.75) is 26.4 Å². The van der Waals surface area contributed by atoms with E-state index in [1.165, 1.54) is 11.1 Å². The second-order valence-corrected chi connectivity index (χ2v) is 4.22.